The summed E-state index contributed by atoms with van der Waals surface area (Å²) < 4.78 is 19.6. The lowest BCUT2D eigenvalue weighted by atomic mass is 10.0. The second-order valence-electron chi connectivity index (χ2n) is 7.50. The molecule has 34 heavy (non-hydrogen) atoms. The van der Waals surface area contributed by atoms with Crippen LogP contribution in [0.1, 0.15) is 20.7 Å². The van der Waals surface area contributed by atoms with Crippen molar-refractivity contribution in [2.24, 2.45) is 5.73 Å². The van der Waals surface area contributed by atoms with Gasteiger partial charge in [-0.05, 0) is 36.4 Å². The lowest BCUT2D eigenvalue weighted by Gasteiger charge is -2.27. The van der Waals surface area contributed by atoms with Crippen LogP contribution in [-0.2, 0) is 4.74 Å². The second kappa shape index (κ2) is 10.8. The van der Waals surface area contributed by atoms with Crippen LogP contribution in [0.3, 0.4) is 0 Å². The number of nitrogens with zero attached hydrogens (tertiary/aromatic N) is 3. The van der Waals surface area contributed by atoms with Crippen molar-refractivity contribution in [1.82, 2.24) is 4.98 Å². The second-order valence-corrected chi connectivity index (χ2v) is 8.32. The summed E-state index contributed by atoms with van der Waals surface area (Å²) in [7, 11) is 4.87. The molecule has 0 radical (unpaired) electrons. The summed E-state index contributed by atoms with van der Waals surface area (Å²) in [5.41, 5.74) is 7.15. The minimum atomic E-state index is -0.731. The average Bonchev–Trinajstić information content (AvgIpc) is 2.81. The number of hydrogen-bond acceptors (Lipinski definition) is 5. The van der Waals surface area contributed by atoms with Gasteiger partial charge in [0.25, 0.3) is 5.91 Å². The molecule has 0 aliphatic heterocycles. The molecule has 2 aromatic carbocycles. The molecular weight excluding hydrogens is 482 g/mol. The zero-order valence-electron chi connectivity index (χ0n) is 18.8. The van der Waals surface area contributed by atoms with Crippen molar-refractivity contribution >= 4 is 46.5 Å². The Labute approximate surface area is 206 Å². The minimum absolute atomic E-state index is 0.00203. The Hall–Kier alpha value is -3.20. The average molecular weight is 505 g/mol. The summed E-state index contributed by atoms with van der Waals surface area (Å²) >= 11 is 12.5. The molecule has 0 aliphatic carbocycles. The van der Waals surface area contributed by atoms with E-state index in [9.17, 15) is 14.0 Å². The Bertz CT molecular complexity index is 1220. The molecule has 3 aromatic rings. The highest BCUT2D eigenvalue weighted by molar-refractivity contribution is 6.34. The lowest BCUT2D eigenvalue weighted by Crippen LogP contribution is -2.31. The number of amides is 2. The highest BCUT2D eigenvalue weighted by atomic mass is 35.5. The number of carbonyl (C=O) groups excluding carboxylic acids is 2. The van der Waals surface area contributed by atoms with Crippen molar-refractivity contribution in [3.05, 3.63) is 75.7 Å². The first-order chi connectivity index (χ1) is 16.1. The van der Waals surface area contributed by atoms with Gasteiger partial charge in [-0.25, -0.2) is 9.37 Å². The van der Waals surface area contributed by atoms with Crippen LogP contribution in [0, 0.1) is 5.82 Å². The van der Waals surface area contributed by atoms with Crippen molar-refractivity contribution in [3.8, 4) is 11.1 Å². The number of primary amides is 1. The van der Waals surface area contributed by atoms with Crippen LogP contribution in [0.25, 0.3) is 11.1 Å². The van der Waals surface area contributed by atoms with Crippen LogP contribution in [0.2, 0.25) is 10.0 Å². The van der Waals surface area contributed by atoms with Gasteiger partial charge in [-0.3, -0.25) is 14.5 Å². The molecule has 10 heteroatoms. The number of anilines is 2. The monoisotopic (exact) mass is 504 g/mol. The molecule has 7 nitrogen and oxygen atoms in total. The molecule has 0 saturated carbocycles. The van der Waals surface area contributed by atoms with Gasteiger partial charge in [0, 0.05) is 55.7 Å². The van der Waals surface area contributed by atoms with Crippen LogP contribution in [0.4, 0.5) is 15.9 Å². The topological polar surface area (TPSA) is 88.8 Å². The summed E-state index contributed by atoms with van der Waals surface area (Å²) in [6, 6.07) is 10.5. The van der Waals surface area contributed by atoms with Gasteiger partial charge in [-0.2, -0.15) is 0 Å². The number of nitrogens with two attached hydrogens (primary N) is 1. The molecule has 0 bridgehead atoms. The number of carbonyl (C=O) groups is 2. The molecule has 178 valence electrons. The van der Waals surface area contributed by atoms with Crippen LogP contribution in [0.15, 0.2) is 48.7 Å². The molecule has 0 spiro atoms. The van der Waals surface area contributed by atoms with E-state index in [0.717, 1.165) is 0 Å². The fourth-order valence-electron chi connectivity index (χ4n) is 3.35. The zero-order valence-corrected chi connectivity index (χ0v) is 20.3. The molecule has 0 atom stereocenters. The summed E-state index contributed by atoms with van der Waals surface area (Å²) in [5, 5.41) is 0.394. The number of aromatic nitrogens is 1. The standard InChI is InChI=1S/C24H23Cl2FN4O3/c1-30(9-10-34-3)20-12-15(16-11-14(22(28)32)7-8-17(16)25)13-29-23(20)31(2)24(33)21-18(26)5-4-6-19(21)27/h4-8,11-13H,9-10H2,1-3H3,(H2,28,32). The summed E-state index contributed by atoms with van der Waals surface area (Å²) in [4.78, 5) is 32.4. The van der Waals surface area contributed by atoms with Gasteiger partial charge in [0.1, 0.15) is 5.82 Å². The van der Waals surface area contributed by atoms with E-state index in [1.54, 1.807) is 32.4 Å². The van der Waals surface area contributed by atoms with Gasteiger partial charge in [0.15, 0.2) is 5.82 Å². The Morgan fingerprint density at radius 3 is 2.50 bits per heavy atom. The highest BCUT2D eigenvalue weighted by Crippen LogP contribution is 2.35. The van der Waals surface area contributed by atoms with Crippen molar-refractivity contribution in [2.75, 3.05) is 44.2 Å². The number of pyridine rings is 1. The fraction of sp³-hybridized carbons (Fsp3) is 0.208. The predicted octanol–water partition coefficient (Wildman–Crippen LogP) is 4.65. The van der Waals surface area contributed by atoms with E-state index in [2.05, 4.69) is 4.98 Å². The maximum absolute atomic E-state index is 14.4. The SMILES string of the molecule is COCCN(C)c1cc(-c2cc(C(N)=O)ccc2Cl)cnc1N(C)C(=O)c1c(F)cccc1Cl. The van der Waals surface area contributed by atoms with Gasteiger partial charge < -0.3 is 15.4 Å². The summed E-state index contributed by atoms with van der Waals surface area (Å²) in [6.45, 7) is 0.890. The van der Waals surface area contributed by atoms with Crippen molar-refractivity contribution in [2.45, 2.75) is 0 Å². The van der Waals surface area contributed by atoms with Gasteiger partial charge in [-0.1, -0.05) is 29.3 Å². The molecule has 3 rings (SSSR count). The van der Waals surface area contributed by atoms with E-state index in [1.165, 1.54) is 42.4 Å². The maximum atomic E-state index is 14.4. The predicted molar refractivity (Wildman–Crippen MR) is 132 cm³/mol. The van der Waals surface area contributed by atoms with Crippen molar-refractivity contribution in [3.63, 3.8) is 0 Å². The Morgan fingerprint density at radius 2 is 1.85 bits per heavy atom. The van der Waals surface area contributed by atoms with E-state index in [4.69, 9.17) is 33.7 Å². The molecule has 0 fully saturated rings. The molecule has 0 saturated heterocycles. The van der Waals surface area contributed by atoms with E-state index < -0.39 is 17.6 Å². The van der Waals surface area contributed by atoms with Crippen LogP contribution in [0.5, 0.6) is 0 Å². The van der Waals surface area contributed by atoms with E-state index in [0.29, 0.717) is 40.6 Å². The largest absolute Gasteiger partial charge is 0.383 e. The van der Waals surface area contributed by atoms with Gasteiger partial charge in [-0.15, -0.1) is 0 Å². The van der Waals surface area contributed by atoms with E-state index in [-0.39, 0.29) is 16.4 Å². The zero-order chi connectivity index (χ0) is 25.0. The molecule has 2 amide bonds. The first kappa shape index (κ1) is 25.4. The smallest absolute Gasteiger partial charge is 0.263 e. The number of ether oxygens (including phenoxy) is 1. The molecule has 1 heterocycles. The first-order valence-corrected chi connectivity index (χ1v) is 10.9. The number of hydrogen-bond donors (Lipinski definition) is 1. The molecule has 2 N–H and O–H groups in total. The third-order valence-electron chi connectivity index (χ3n) is 5.25. The van der Waals surface area contributed by atoms with Crippen LogP contribution < -0.4 is 15.5 Å². The fourth-order valence-corrected chi connectivity index (χ4v) is 3.82. The highest BCUT2D eigenvalue weighted by Gasteiger charge is 2.25. The number of halogens is 3. The molecular formula is C24H23Cl2FN4O3. The van der Waals surface area contributed by atoms with E-state index in [1.807, 2.05) is 4.90 Å². The minimum Gasteiger partial charge on any atom is -0.383 e. The van der Waals surface area contributed by atoms with Gasteiger partial charge in [0.05, 0.1) is 22.9 Å². The summed E-state index contributed by atoms with van der Waals surface area (Å²) in [6.07, 6.45) is 1.52. The van der Waals surface area contributed by atoms with E-state index >= 15 is 0 Å². The lowest BCUT2D eigenvalue weighted by molar-refractivity contribution is 0.0984. The number of rotatable bonds is 8. The Balaban J connectivity index is 2.12. The van der Waals surface area contributed by atoms with Crippen LogP contribution in [-0.4, -0.2) is 51.2 Å². The third kappa shape index (κ3) is 5.30. The Morgan fingerprint density at radius 1 is 1.12 bits per heavy atom. The molecule has 1 aromatic heterocycles. The molecule has 0 aliphatic rings. The van der Waals surface area contributed by atoms with Gasteiger partial charge >= 0.3 is 0 Å². The Kier molecular flexibility index (Phi) is 8.09. The quantitative estimate of drug-likeness (QED) is 0.482. The first-order valence-electron chi connectivity index (χ1n) is 10.2. The van der Waals surface area contributed by atoms with Crippen LogP contribution >= 0.6 is 23.2 Å². The normalized spacial score (nSPS) is 10.8. The maximum Gasteiger partial charge on any atom is 0.263 e. The van der Waals surface area contributed by atoms with Crippen molar-refractivity contribution in [1.29, 1.82) is 0 Å². The third-order valence-corrected chi connectivity index (χ3v) is 5.89. The number of methoxy groups -OCH3 is 1. The number of benzene rings is 2. The number of likely N-dealkylation sites (N-methyl/N-ethyl adjacent to an activating group) is 1. The van der Waals surface area contributed by atoms with Crippen molar-refractivity contribution < 1.29 is 18.7 Å². The summed E-state index contributed by atoms with van der Waals surface area (Å²) in [5.74, 6) is -1.70. The van der Waals surface area contributed by atoms with Gasteiger partial charge in [0.2, 0.25) is 5.91 Å². The molecule has 0 unspecified atom stereocenters.